The Labute approximate surface area is 111 Å². The molecule has 0 fully saturated rings. The van der Waals surface area contributed by atoms with Crippen molar-refractivity contribution in [2.45, 2.75) is 33.2 Å². The van der Waals surface area contributed by atoms with E-state index in [1.54, 1.807) is 12.4 Å². The van der Waals surface area contributed by atoms with Gasteiger partial charge in [0.05, 0.1) is 6.04 Å². The minimum Gasteiger partial charge on any atom is -0.360 e. The number of imidazole rings is 1. The van der Waals surface area contributed by atoms with Crippen molar-refractivity contribution in [1.82, 2.24) is 19.9 Å². The zero-order valence-corrected chi connectivity index (χ0v) is 11.4. The van der Waals surface area contributed by atoms with Crippen LogP contribution in [0, 0.1) is 6.92 Å². The Bertz CT molecular complexity index is 524. The molecule has 0 aromatic carbocycles. The van der Waals surface area contributed by atoms with E-state index >= 15 is 0 Å². The lowest BCUT2D eigenvalue weighted by atomic mass is 10.2. The number of aryl methyl sites for hydroxylation is 1. The molecule has 0 amide bonds. The van der Waals surface area contributed by atoms with Crippen molar-refractivity contribution in [3.63, 3.8) is 0 Å². The fourth-order valence-corrected chi connectivity index (χ4v) is 1.81. The van der Waals surface area contributed by atoms with Crippen LogP contribution >= 0.6 is 11.6 Å². The quantitative estimate of drug-likeness (QED) is 0.834. The number of hydrogen-bond donors (Lipinski definition) is 2. The van der Waals surface area contributed by atoms with E-state index in [1.807, 2.05) is 20.8 Å². The molecular formula is C12H16ClN5. The molecule has 0 saturated heterocycles. The zero-order chi connectivity index (χ0) is 13.1. The molecule has 2 aromatic heterocycles. The van der Waals surface area contributed by atoms with Gasteiger partial charge < -0.3 is 10.3 Å². The molecule has 0 aliphatic rings. The molecule has 0 aliphatic carbocycles. The Morgan fingerprint density at radius 3 is 2.83 bits per heavy atom. The van der Waals surface area contributed by atoms with Gasteiger partial charge in [0.2, 0.25) is 0 Å². The number of aromatic nitrogens is 4. The SMILES string of the molecule is CCc1nc(Cl)c(C)c(NC(C)c2ncc[nH]2)n1. The summed E-state index contributed by atoms with van der Waals surface area (Å²) in [6.07, 6.45) is 4.28. The van der Waals surface area contributed by atoms with Crippen molar-refractivity contribution in [2.75, 3.05) is 5.32 Å². The van der Waals surface area contributed by atoms with Crippen LogP contribution in [0.3, 0.4) is 0 Å². The molecule has 2 rings (SSSR count). The maximum atomic E-state index is 6.09. The number of hydrogen-bond acceptors (Lipinski definition) is 4. The molecule has 6 heteroatoms. The second-order valence-electron chi connectivity index (χ2n) is 4.10. The van der Waals surface area contributed by atoms with Gasteiger partial charge in [0.15, 0.2) is 0 Å². The van der Waals surface area contributed by atoms with Gasteiger partial charge in [0.25, 0.3) is 0 Å². The molecule has 0 bridgehead atoms. The van der Waals surface area contributed by atoms with Crippen molar-refractivity contribution in [3.05, 3.63) is 34.8 Å². The number of halogens is 1. The van der Waals surface area contributed by atoms with E-state index in [0.29, 0.717) is 5.15 Å². The van der Waals surface area contributed by atoms with Crippen molar-refractivity contribution in [1.29, 1.82) is 0 Å². The third-order valence-electron chi connectivity index (χ3n) is 2.73. The summed E-state index contributed by atoms with van der Waals surface area (Å²) < 4.78 is 0. The number of nitrogens with one attached hydrogen (secondary N) is 2. The predicted octanol–water partition coefficient (Wildman–Crippen LogP) is 2.90. The highest BCUT2D eigenvalue weighted by atomic mass is 35.5. The molecule has 2 aromatic rings. The van der Waals surface area contributed by atoms with E-state index < -0.39 is 0 Å². The lowest BCUT2D eigenvalue weighted by molar-refractivity contribution is 0.794. The van der Waals surface area contributed by atoms with Gasteiger partial charge in [-0.3, -0.25) is 0 Å². The summed E-state index contributed by atoms with van der Waals surface area (Å²) in [5.41, 5.74) is 0.854. The Balaban J connectivity index is 2.25. The van der Waals surface area contributed by atoms with Crippen LogP contribution in [0.1, 0.15) is 37.1 Å². The maximum Gasteiger partial charge on any atom is 0.137 e. The van der Waals surface area contributed by atoms with Crippen LogP contribution in [0.2, 0.25) is 5.15 Å². The first-order valence-corrected chi connectivity index (χ1v) is 6.28. The van der Waals surface area contributed by atoms with Crippen LogP contribution in [-0.2, 0) is 6.42 Å². The number of rotatable bonds is 4. The second-order valence-corrected chi connectivity index (χ2v) is 4.46. The average molecular weight is 266 g/mol. The molecule has 1 atom stereocenters. The Morgan fingerprint density at radius 2 is 2.22 bits per heavy atom. The monoisotopic (exact) mass is 265 g/mol. The lowest BCUT2D eigenvalue weighted by Crippen LogP contribution is -2.12. The predicted molar refractivity (Wildman–Crippen MR) is 71.8 cm³/mol. The van der Waals surface area contributed by atoms with E-state index in [2.05, 4.69) is 25.3 Å². The van der Waals surface area contributed by atoms with Gasteiger partial charge in [-0.15, -0.1) is 0 Å². The first-order chi connectivity index (χ1) is 8.61. The first-order valence-electron chi connectivity index (χ1n) is 5.90. The van der Waals surface area contributed by atoms with E-state index in [4.69, 9.17) is 11.6 Å². The maximum absolute atomic E-state index is 6.09. The number of nitrogens with zero attached hydrogens (tertiary/aromatic N) is 3. The van der Waals surface area contributed by atoms with Gasteiger partial charge in [-0.05, 0) is 13.8 Å². The minimum absolute atomic E-state index is 0.0365. The highest BCUT2D eigenvalue weighted by molar-refractivity contribution is 6.30. The van der Waals surface area contributed by atoms with Gasteiger partial charge in [0, 0.05) is 24.4 Å². The first kappa shape index (κ1) is 12.8. The second kappa shape index (κ2) is 5.35. The topological polar surface area (TPSA) is 66.5 Å². The van der Waals surface area contributed by atoms with Crippen LogP contribution in [0.5, 0.6) is 0 Å². The van der Waals surface area contributed by atoms with E-state index in [1.165, 1.54) is 0 Å². The molecule has 18 heavy (non-hydrogen) atoms. The summed E-state index contributed by atoms with van der Waals surface area (Å²) in [6.45, 7) is 5.92. The third-order valence-corrected chi connectivity index (χ3v) is 3.10. The van der Waals surface area contributed by atoms with Crippen LogP contribution in [0.25, 0.3) is 0 Å². The molecule has 5 nitrogen and oxygen atoms in total. The third kappa shape index (κ3) is 2.61. The van der Waals surface area contributed by atoms with E-state index in [9.17, 15) is 0 Å². The van der Waals surface area contributed by atoms with Crippen LogP contribution in [-0.4, -0.2) is 19.9 Å². The van der Waals surface area contributed by atoms with Gasteiger partial charge in [-0.2, -0.15) is 0 Å². The summed E-state index contributed by atoms with van der Waals surface area (Å²) in [5, 5.41) is 3.80. The molecule has 96 valence electrons. The average Bonchev–Trinajstić information content (AvgIpc) is 2.88. The van der Waals surface area contributed by atoms with Crippen molar-refractivity contribution < 1.29 is 0 Å². The molecule has 2 N–H and O–H groups in total. The molecule has 1 unspecified atom stereocenters. The van der Waals surface area contributed by atoms with Gasteiger partial charge >= 0.3 is 0 Å². The summed E-state index contributed by atoms with van der Waals surface area (Å²) in [4.78, 5) is 15.9. The minimum atomic E-state index is 0.0365. The number of H-pyrrole nitrogens is 1. The highest BCUT2D eigenvalue weighted by Crippen LogP contribution is 2.23. The van der Waals surface area contributed by atoms with Crippen molar-refractivity contribution in [3.8, 4) is 0 Å². The van der Waals surface area contributed by atoms with Gasteiger partial charge in [0.1, 0.15) is 22.6 Å². The van der Waals surface area contributed by atoms with E-state index in [-0.39, 0.29) is 6.04 Å². The smallest absolute Gasteiger partial charge is 0.137 e. The van der Waals surface area contributed by atoms with Gasteiger partial charge in [-0.1, -0.05) is 18.5 Å². The molecule has 2 heterocycles. The number of aromatic amines is 1. The summed E-state index contributed by atoms with van der Waals surface area (Å²) in [7, 11) is 0. The zero-order valence-electron chi connectivity index (χ0n) is 10.7. The molecular weight excluding hydrogens is 250 g/mol. The molecule has 0 aliphatic heterocycles. The normalized spacial score (nSPS) is 12.4. The largest absolute Gasteiger partial charge is 0.360 e. The lowest BCUT2D eigenvalue weighted by Gasteiger charge is -2.15. The Morgan fingerprint density at radius 1 is 1.44 bits per heavy atom. The Hall–Kier alpha value is -1.62. The fourth-order valence-electron chi connectivity index (χ4n) is 1.62. The van der Waals surface area contributed by atoms with Crippen LogP contribution in [0.4, 0.5) is 5.82 Å². The fraction of sp³-hybridized carbons (Fsp3) is 0.417. The van der Waals surface area contributed by atoms with E-state index in [0.717, 1.165) is 29.5 Å². The van der Waals surface area contributed by atoms with Crippen LogP contribution in [0.15, 0.2) is 12.4 Å². The Kier molecular flexibility index (Phi) is 3.81. The molecule has 0 radical (unpaired) electrons. The summed E-state index contributed by atoms with van der Waals surface area (Å²) in [5.74, 6) is 2.36. The standard InChI is InChI=1S/C12H16ClN5/c1-4-9-17-10(13)7(2)11(18-9)16-8(3)12-14-5-6-15-12/h5-6,8H,4H2,1-3H3,(H,14,15)(H,16,17,18). The number of anilines is 1. The van der Waals surface area contributed by atoms with Crippen molar-refractivity contribution >= 4 is 17.4 Å². The summed E-state index contributed by atoms with van der Waals surface area (Å²) >= 11 is 6.09. The molecule has 0 saturated carbocycles. The summed E-state index contributed by atoms with van der Waals surface area (Å²) in [6, 6.07) is 0.0365. The van der Waals surface area contributed by atoms with Gasteiger partial charge in [-0.25, -0.2) is 15.0 Å². The molecule has 0 spiro atoms. The van der Waals surface area contributed by atoms with Crippen molar-refractivity contribution in [2.24, 2.45) is 0 Å². The van der Waals surface area contributed by atoms with Crippen LogP contribution < -0.4 is 5.32 Å². The highest BCUT2D eigenvalue weighted by Gasteiger charge is 2.13.